The second kappa shape index (κ2) is 10.6. The van der Waals surface area contributed by atoms with E-state index in [4.69, 9.17) is 4.98 Å². The minimum absolute atomic E-state index is 0.641. The van der Waals surface area contributed by atoms with Gasteiger partial charge in [0, 0.05) is 11.3 Å². The van der Waals surface area contributed by atoms with Gasteiger partial charge in [0.1, 0.15) is 12.7 Å². The molecule has 0 aliphatic heterocycles. The van der Waals surface area contributed by atoms with E-state index < -0.39 is 0 Å². The number of hydrogen-bond donors (Lipinski definition) is 0. The first-order valence-electron chi connectivity index (χ1n) is 15.2. The lowest BCUT2D eigenvalue weighted by molar-refractivity contribution is 1.06. The summed E-state index contributed by atoms with van der Waals surface area (Å²) in [6.07, 6.45) is 3.09. The maximum Gasteiger partial charge on any atom is 0.220 e. The van der Waals surface area contributed by atoms with Crippen LogP contribution in [0.2, 0.25) is 0 Å². The molecule has 0 saturated heterocycles. The summed E-state index contributed by atoms with van der Waals surface area (Å²) in [5.41, 5.74) is 13.0. The highest BCUT2D eigenvalue weighted by molar-refractivity contribution is 5.98. The van der Waals surface area contributed by atoms with E-state index in [1.54, 1.807) is 12.7 Å². The normalized spacial score (nSPS) is 11.5. The molecule has 0 aliphatic carbocycles. The van der Waals surface area contributed by atoms with Gasteiger partial charge in [-0.1, -0.05) is 97.1 Å². The predicted molar refractivity (Wildman–Crippen MR) is 185 cm³/mol. The van der Waals surface area contributed by atoms with Crippen molar-refractivity contribution in [2.24, 2.45) is 0 Å². The zero-order chi connectivity index (χ0) is 30.5. The number of hydrogen-bond acceptors (Lipinski definition) is 4. The molecule has 6 aromatic carbocycles. The van der Waals surface area contributed by atoms with Crippen LogP contribution in [-0.4, -0.2) is 28.9 Å². The van der Waals surface area contributed by atoms with Crippen LogP contribution in [-0.2, 0) is 0 Å². The Bertz CT molecular complexity index is 2440. The smallest absolute Gasteiger partial charge is 0.220 e. The van der Waals surface area contributed by atoms with Gasteiger partial charge in [0.15, 0.2) is 5.82 Å². The van der Waals surface area contributed by atoms with Crippen molar-refractivity contribution in [3.05, 3.63) is 158 Å². The first-order chi connectivity index (χ1) is 22.8. The van der Waals surface area contributed by atoms with E-state index >= 15 is 0 Å². The molecular weight excluding hydrogens is 564 g/mol. The van der Waals surface area contributed by atoms with Gasteiger partial charge in [-0.15, -0.1) is 0 Å². The Morgan fingerprint density at radius 1 is 0.457 bits per heavy atom. The molecule has 0 unspecified atom stereocenters. The molecule has 216 valence electrons. The average molecular weight is 591 g/mol. The molecule has 0 radical (unpaired) electrons. The molecule has 0 saturated carbocycles. The summed E-state index contributed by atoms with van der Waals surface area (Å²) in [7, 11) is 0. The maximum absolute atomic E-state index is 5.07. The summed E-state index contributed by atoms with van der Waals surface area (Å²) >= 11 is 0. The number of aromatic nitrogens is 6. The van der Waals surface area contributed by atoms with Crippen molar-refractivity contribution in [1.29, 1.82) is 0 Å². The van der Waals surface area contributed by atoms with Crippen molar-refractivity contribution in [2.75, 3.05) is 0 Å². The average Bonchev–Trinajstić information content (AvgIpc) is 3.67. The van der Waals surface area contributed by atoms with E-state index in [0.717, 1.165) is 72.5 Å². The van der Waals surface area contributed by atoms with Crippen LogP contribution < -0.4 is 0 Å². The van der Waals surface area contributed by atoms with E-state index in [1.165, 1.54) is 0 Å². The molecule has 0 fully saturated rings. The summed E-state index contributed by atoms with van der Waals surface area (Å²) in [6.45, 7) is 0. The lowest BCUT2D eigenvalue weighted by atomic mass is 9.85. The maximum atomic E-state index is 5.07. The van der Waals surface area contributed by atoms with Gasteiger partial charge in [0.05, 0.1) is 22.1 Å². The molecule has 0 amide bonds. The van der Waals surface area contributed by atoms with Crippen molar-refractivity contribution in [1.82, 2.24) is 28.9 Å². The first kappa shape index (κ1) is 26.0. The van der Waals surface area contributed by atoms with Crippen LogP contribution in [0, 0.1) is 0 Å². The Kier molecular flexibility index (Phi) is 6.03. The lowest BCUT2D eigenvalue weighted by Crippen LogP contribution is -1.97. The molecule has 0 N–H and O–H groups in total. The highest BCUT2D eigenvalue weighted by Crippen LogP contribution is 2.43. The van der Waals surface area contributed by atoms with E-state index in [1.807, 2.05) is 18.2 Å². The Hall–Kier alpha value is -6.40. The summed E-state index contributed by atoms with van der Waals surface area (Å²) in [4.78, 5) is 18.1. The molecule has 0 bridgehead atoms. The topological polar surface area (TPSA) is 60.9 Å². The van der Waals surface area contributed by atoms with Gasteiger partial charge in [-0.3, -0.25) is 8.97 Å². The quantitative estimate of drug-likeness (QED) is 0.200. The number of para-hydroxylation sites is 4. The number of fused-ring (bicyclic) bond motifs is 5. The third-order valence-corrected chi connectivity index (χ3v) is 8.58. The van der Waals surface area contributed by atoms with Gasteiger partial charge >= 0.3 is 0 Å². The van der Waals surface area contributed by atoms with Crippen molar-refractivity contribution in [3.63, 3.8) is 0 Å². The number of rotatable bonds is 5. The van der Waals surface area contributed by atoms with Gasteiger partial charge < -0.3 is 0 Å². The third kappa shape index (κ3) is 4.19. The molecule has 3 aromatic heterocycles. The zero-order valence-corrected chi connectivity index (χ0v) is 24.7. The molecule has 0 aliphatic rings. The van der Waals surface area contributed by atoms with Crippen LogP contribution >= 0.6 is 0 Å². The Balaban J connectivity index is 1.28. The Morgan fingerprint density at radius 3 is 1.67 bits per heavy atom. The van der Waals surface area contributed by atoms with Crippen LogP contribution in [0.1, 0.15) is 0 Å². The molecule has 46 heavy (non-hydrogen) atoms. The third-order valence-electron chi connectivity index (χ3n) is 8.58. The lowest BCUT2D eigenvalue weighted by Gasteiger charge is -2.19. The highest BCUT2D eigenvalue weighted by Gasteiger charge is 2.20. The second-order valence-corrected chi connectivity index (χ2v) is 11.2. The zero-order valence-electron chi connectivity index (χ0n) is 24.7. The molecule has 9 aromatic rings. The van der Waals surface area contributed by atoms with Crippen molar-refractivity contribution < 1.29 is 0 Å². The standard InChI is InChI=1S/C40H26N6/c1-3-11-27(12-4-1)32-23-30(39-42-25-41-26-43-39)24-33(28-13-5-2-6-14-28)38(32)29-19-21-31(22-20-29)45-36-17-9-10-18-37(36)46-35-16-8-7-15-34(35)44-40(45)46/h1-26H. The van der Waals surface area contributed by atoms with Crippen LogP contribution in [0.15, 0.2) is 158 Å². The summed E-state index contributed by atoms with van der Waals surface area (Å²) in [6, 6.07) is 51.1. The Morgan fingerprint density at radius 2 is 1.02 bits per heavy atom. The highest BCUT2D eigenvalue weighted by atomic mass is 15.2. The van der Waals surface area contributed by atoms with E-state index in [0.29, 0.717) is 5.82 Å². The van der Waals surface area contributed by atoms with Crippen molar-refractivity contribution in [2.45, 2.75) is 0 Å². The van der Waals surface area contributed by atoms with Crippen LogP contribution in [0.4, 0.5) is 0 Å². The van der Waals surface area contributed by atoms with Crippen molar-refractivity contribution in [3.8, 4) is 50.5 Å². The summed E-state index contributed by atoms with van der Waals surface area (Å²) in [5, 5.41) is 0. The minimum Gasteiger partial charge on any atom is -0.278 e. The van der Waals surface area contributed by atoms with Crippen LogP contribution in [0.5, 0.6) is 0 Å². The monoisotopic (exact) mass is 590 g/mol. The van der Waals surface area contributed by atoms with Gasteiger partial charge in [0.2, 0.25) is 5.78 Å². The summed E-state index contributed by atoms with van der Waals surface area (Å²) in [5.74, 6) is 1.54. The molecule has 9 rings (SSSR count). The molecule has 6 heteroatoms. The molecule has 6 nitrogen and oxygen atoms in total. The van der Waals surface area contributed by atoms with E-state index in [9.17, 15) is 0 Å². The van der Waals surface area contributed by atoms with E-state index in [-0.39, 0.29) is 0 Å². The van der Waals surface area contributed by atoms with Crippen molar-refractivity contribution >= 4 is 27.8 Å². The minimum atomic E-state index is 0.641. The predicted octanol–water partition coefficient (Wildman–Crippen LogP) is 9.28. The second-order valence-electron chi connectivity index (χ2n) is 11.2. The van der Waals surface area contributed by atoms with E-state index in [2.05, 4.69) is 151 Å². The van der Waals surface area contributed by atoms with Gasteiger partial charge in [-0.25, -0.2) is 19.9 Å². The van der Waals surface area contributed by atoms with Crippen LogP contribution in [0.25, 0.3) is 78.3 Å². The fourth-order valence-corrected chi connectivity index (χ4v) is 6.54. The molecule has 0 spiro atoms. The largest absolute Gasteiger partial charge is 0.278 e. The number of nitrogens with zero attached hydrogens (tertiary/aromatic N) is 6. The molecule has 3 heterocycles. The van der Waals surface area contributed by atoms with Gasteiger partial charge in [-0.05, 0) is 81.9 Å². The fourth-order valence-electron chi connectivity index (χ4n) is 6.54. The first-order valence-corrected chi connectivity index (χ1v) is 15.2. The van der Waals surface area contributed by atoms with Gasteiger partial charge in [-0.2, -0.15) is 0 Å². The molecular formula is C40H26N6. The fraction of sp³-hybridized carbons (Fsp3) is 0. The number of imidazole rings is 2. The SMILES string of the molecule is c1ccc(-c2cc(-c3ncncn3)cc(-c3ccccc3)c2-c2ccc(-n3c4ccccc4n4c5ccccc5nc34)cc2)cc1. The molecule has 0 atom stereocenters. The Labute approximate surface area is 264 Å². The van der Waals surface area contributed by atoms with Crippen LogP contribution in [0.3, 0.4) is 0 Å². The van der Waals surface area contributed by atoms with Gasteiger partial charge in [0.25, 0.3) is 0 Å². The number of benzene rings is 6. The summed E-state index contributed by atoms with van der Waals surface area (Å²) < 4.78 is 4.50.